The lowest BCUT2D eigenvalue weighted by molar-refractivity contribution is 0.1000. The zero-order chi connectivity index (χ0) is 17.1. The number of hydrogen-bond acceptors (Lipinski definition) is 5. The third-order valence-electron chi connectivity index (χ3n) is 3.59. The molecular formula is C17H15N5O2. The third-order valence-corrected chi connectivity index (χ3v) is 3.59. The van der Waals surface area contributed by atoms with Gasteiger partial charge in [0, 0.05) is 17.2 Å². The van der Waals surface area contributed by atoms with Gasteiger partial charge in [0.25, 0.3) is 5.56 Å². The van der Waals surface area contributed by atoms with E-state index >= 15 is 0 Å². The Labute approximate surface area is 137 Å². The van der Waals surface area contributed by atoms with Crippen LogP contribution in [0.15, 0.2) is 53.5 Å². The Morgan fingerprint density at radius 3 is 2.79 bits per heavy atom. The van der Waals surface area contributed by atoms with Crippen LogP contribution in [0.3, 0.4) is 0 Å². The number of nitrogens with zero attached hydrogens (tertiary/aromatic N) is 4. The van der Waals surface area contributed by atoms with Crippen LogP contribution >= 0.6 is 0 Å². The van der Waals surface area contributed by atoms with Crippen LogP contribution in [-0.4, -0.2) is 25.9 Å². The van der Waals surface area contributed by atoms with Gasteiger partial charge >= 0.3 is 0 Å². The summed E-state index contributed by atoms with van der Waals surface area (Å²) in [6.07, 6.45) is 1.58. The van der Waals surface area contributed by atoms with E-state index in [1.54, 1.807) is 36.5 Å². The molecule has 1 amide bonds. The molecule has 24 heavy (non-hydrogen) atoms. The molecule has 2 N–H and O–H groups in total. The van der Waals surface area contributed by atoms with Crippen molar-refractivity contribution in [2.75, 3.05) is 0 Å². The van der Waals surface area contributed by atoms with E-state index in [0.717, 1.165) is 16.8 Å². The number of carbonyl (C=O) groups is 1. The van der Waals surface area contributed by atoms with Crippen LogP contribution in [-0.2, 0) is 6.54 Å². The molecule has 3 rings (SSSR count). The number of carbonyl (C=O) groups excluding carboxylic acids is 1. The summed E-state index contributed by atoms with van der Waals surface area (Å²) in [4.78, 5) is 23.4. The first-order chi connectivity index (χ1) is 11.5. The van der Waals surface area contributed by atoms with Gasteiger partial charge in [0.1, 0.15) is 0 Å². The number of benzene rings is 1. The Kier molecular flexibility index (Phi) is 4.15. The number of aromatic nitrogens is 4. The summed E-state index contributed by atoms with van der Waals surface area (Å²) < 4.78 is 1.34. The van der Waals surface area contributed by atoms with E-state index < -0.39 is 5.91 Å². The van der Waals surface area contributed by atoms with E-state index in [1.165, 1.54) is 10.7 Å². The van der Waals surface area contributed by atoms with Crippen molar-refractivity contribution in [2.45, 2.75) is 13.5 Å². The zero-order valence-electron chi connectivity index (χ0n) is 13.0. The van der Waals surface area contributed by atoms with Crippen molar-refractivity contribution >= 4 is 5.91 Å². The van der Waals surface area contributed by atoms with Crippen molar-refractivity contribution in [3.8, 4) is 11.3 Å². The fraction of sp³-hybridized carbons (Fsp3) is 0.118. The molecule has 0 saturated carbocycles. The quantitative estimate of drug-likeness (QED) is 0.776. The molecule has 7 heteroatoms. The normalized spacial score (nSPS) is 10.5. The fourth-order valence-electron chi connectivity index (χ4n) is 2.37. The van der Waals surface area contributed by atoms with Gasteiger partial charge in [-0.2, -0.15) is 15.3 Å². The molecule has 2 heterocycles. The van der Waals surface area contributed by atoms with Crippen LogP contribution in [0.2, 0.25) is 0 Å². The Morgan fingerprint density at radius 1 is 1.21 bits per heavy atom. The van der Waals surface area contributed by atoms with Gasteiger partial charge in [-0.05, 0) is 36.8 Å². The molecule has 7 nitrogen and oxygen atoms in total. The highest BCUT2D eigenvalue weighted by molar-refractivity contribution is 5.92. The Morgan fingerprint density at radius 2 is 2.04 bits per heavy atom. The highest BCUT2D eigenvalue weighted by Gasteiger charge is 2.08. The van der Waals surface area contributed by atoms with Crippen LogP contribution < -0.4 is 11.3 Å². The minimum absolute atomic E-state index is 0.233. The second kappa shape index (κ2) is 6.41. The van der Waals surface area contributed by atoms with Crippen LogP contribution in [0.4, 0.5) is 0 Å². The lowest BCUT2D eigenvalue weighted by Crippen LogP contribution is -2.23. The number of rotatable bonds is 4. The minimum Gasteiger partial charge on any atom is -0.366 e. The van der Waals surface area contributed by atoms with Crippen molar-refractivity contribution in [1.82, 2.24) is 20.0 Å². The SMILES string of the molecule is Cc1nnccc1-c1ccc(=O)n(Cc2cccc(C(N)=O)c2)n1. The van der Waals surface area contributed by atoms with Gasteiger partial charge < -0.3 is 5.73 Å². The van der Waals surface area contributed by atoms with E-state index in [1.807, 2.05) is 13.0 Å². The predicted molar refractivity (Wildman–Crippen MR) is 88.3 cm³/mol. The average molecular weight is 321 g/mol. The van der Waals surface area contributed by atoms with Gasteiger partial charge in [-0.25, -0.2) is 4.68 Å². The summed E-state index contributed by atoms with van der Waals surface area (Å²) >= 11 is 0. The monoisotopic (exact) mass is 321 g/mol. The molecule has 0 aliphatic carbocycles. The van der Waals surface area contributed by atoms with Crippen molar-refractivity contribution in [2.24, 2.45) is 5.73 Å². The first kappa shape index (κ1) is 15.5. The molecule has 3 aromatic rings. The highest BCUT2D eigenvalue weighted by Crippen LogP contribution is 2.17. The molecule has 0 bridgehead atoms. The zero-order valence-corrected chi connectivity index (χ0v) is 13.0. The molecule has 0 radical (unpaired) electrons. The minimum atomic E-state index is -0.510. The van der Waals surface area contributed by atoms with Gasteiger partial charge in [-0.15, -0.1) is 0 Å². The Balaban J connectivity index is 1.99. The summed E-state index contributed by atoms with van der Waals surface area (Å²) in [7, 11) is 0. The Hall–Kier alpha value is -3.35. The number of primary amides is 1. The summed E-state index contributed by atoms with van der Waals surface area (Å²) in [6, 6.07) is 11.7. The summed E-state index contributed by atoms with van der Waals surface area (Å²) in [5.41, 5.74) is 8.38. The van der Waals surface area contributed by atoms with Crippen LogP contribution in [0.5, 0.6) is 0 Å². The average Bonchev–Trinajstić information content (AvgIpc) is 2.58. The number of aryl methyl sites for hydroxylation is 1. The van der Waals surface area contributed by atoms with Gasteiger partial charge in [-0.1, -0.05) is 12.1 Å². The first-order valence-corrected chi connectivity index (χ1v) is 7.30. The molecule has 0 spiro atoms. The van der Waals surface area contributed by atoms with Gasteiger partial charge in [0.2, 0.25) is 5.91 Å². The standard InChI is InChI=1S/C17H15N5O2/c1-11-14(7-8-19-20-11)15-5-6-16(23)22(21-15)10-12-3-2-4-13(9-12)17(18)24/h2-9H,10H2,1H3,(H2,18,24). The summed E-state index contributed by atoms with van der Waals surface area (Å²) in [5.74, 6) is -0.510. The predicted octanol–water partition coefficient (Wildman–Crippen LogP) is 1.16. The van der Waals surface area contributed by atoms with Crippen molar-refractivity contribution in [3.63, 3.8) is 0 Å². The van der Waals surface area contributed by atoms with Crippen LogP contribution in [0, 0.1) is 6.92 Å². The largest absolute Gasteiger partial charge is 0.366 e. The lowest BCUT2D eigenvalue weighted by atomic mass is 10.1. The van der Waals surface area contributed by atoms with E-state index in [-0.39, 0.29) is 12.1 Å². The first-order valence-electron chi connectivity index (χ1n) is 7.30. The number of hydrogen-bond donors (Lipinski definition) is 1. The third kappa shape index (κ3) is 3.19. The molecule has 0 aliphatic rings. The van der Waals surface area contributed by atoms with E-state index in [0.29, 0.717) is 11.3 Å². The summed E-state index contributed by atoms with van der Waals surface area (Å²) in [5, 5.41) is 12.2. The van der Waals surface area contributed by atoms with E-state index in [9.17, 15) is 9.59 Å². The molecule has 0 atom stereocenters. The smallest absolute Gasteiger partial charge is 0.267 e. The second-order valence-corrected chi connectivity index (χ2v) is 5.31. The highest BCUT2D eigenvalue weighted by atomic mass is 16.1. The number of nitrogens with two attached hydrogens (primary N) is 1. The maximum absolute atomic E-state index is 12.1. The summed E-state index contributed by atoms with van der Waals surface area (Å²) in [6.45, 7) is 2.07. The van der Waals surface area contributed by atoms with Gasteiger partial charge in [-0.3, -0.25) is 9.59 Å². The topological polar surface area (TPSA) is 104 Å². The number of amides is 1. The Bertz CT molecular complexity index is 965. The van der Waals surface area contributed by atoms with Crippen molar-refractivity contribution in [1.29, 1.82) is 0 Å². The molecule has 2 aromatic heterocycles. The molecule has 0 fully saturated rings. The van der Waals surface area contributed by atoms with Crippen molar-refractivity contribution in [3.05, 3.63) is 75.8 Å². The fourth-order valence-corrected chi connectivity index (χ4v) is 2.37. The van der Waals surface area contributed by atoms with E-state index in [2.05, 4.69) is 15.3 Å². The molecule has 1 aromatic carbocycles. The van der Waals surface area contributed by atoms with Crippen molar-refractivity contribution < 1.29 is 4.79 Å². The van der Waals surface area contributed by atoms with Crippen LogP contribution in [0.25, 0.3) is 11.3 Å². The molecule has 0 aliphatic heterocycles. The lowest BCUT2D eigenvalue weighted by Gasteiger charge is -2.09. The van der Waals surface area contributed by atoms with Gasteiger partial charge in [0.05, 0.1) is 24.1 Å². The molecule has 0 unspecified atom stereocenters. The molecule has 0 saturated heterocycles. The molecule has 120 valence electrons. The van der Waals surface area contributed by atoms with Gasteiger partial charge in [0.15, 0.2) is 0 Å². The second-order valence-electron chi connectivity index (χ2n) is 5.31. The maximum atomic E-state index is 12.1. The maximum Gasteiger partial charge on any atom is 0.267 e. The van der Waals surface area contributed by atoms with E-state index in [4.69, 9.17) is 5.73 Å². The molecular weight excluding hydrogens is 306 g/mol. The van der Waals surface area contributed by atoms with Crippen LogP contribution in [0.1, 0.15) is 21.6 Å².